The molecule has 0 aromatic carbocycles. The molecule has 0 aromatic rings. The van der Waals surface area contributed by atoms with Crippen molar-refractivity contribution in [3.63, 3.8) is 0 Å². The lowest BCUT2D eigenvalue weighted by Crippen LogP contribution is -2.08. The van der Waals surface area contributed by atoms with E-state index >= 15 is 0 Å². The predicted octanol–water partition coefficient (Wildman–Crippen LogP) is 4.38. The van der Waals surface area contributed by atoms with Crippen molar-refractivity contribution in [2.45, 2.75) is 37.7 Å². The first-order valence-electron chi connectivity index (χ1n) is 4.15. The van der Waals surface area contributed by atoms with Crippen molar-refractivity contribution in [2.75, 3.05) is 0 Å². The first-order chi connectivity index (χ1) is 5.91. The van der Waals surface area contributed by atoms with Crippen LogP contribution in [0.25, 0.3) is 0 Å². The molecule has 0 heterocycles. The van der Waals surface area contributed by atoms with E-state index in [0.29, 0.717) is 0 Å². The topological polar surface area (TPSA) is 9.23 Å². The van der Waals surface area contributed by atoms with Crippen LogP contribution in [-0.4, -0.2) is 10.0 Å². The summed E-state index contributed by atoms with van der Waals surface area (Å²) >= 11 is 6.82. The monoisotopic (exact) mass is 310 g/mol. The lowest BCUT2D eigenvalue weighted by atomic mass is 10.3. The molecule has 0 amide bonds. The number of hydrogen-bond acceptors (Lipinski definition) is 1. The molecule has 2 unspecified atom stereocenters. The van der Waals surface area contributed by atoms with Gasteiger partial charge < -0.3 is 4.74 Å². The Morgan fingerprint density at radius 1 is 0.923 bits per heavy atom. The van der Waals surface area contributed by atoms with E-state index in [4.69, 9.17) is 4.74 Å². The molecule has 0 fully saturated rings. The van der Waals surface area contributed by atoms with Crippen molar-refractivity contribution in [1.29, 1.82) is 0 Å². The summed E-state index contributed by atoms with van der Waals surface area (Å²) in [4.78, 5) is 0. The molecular formula is C10H16Br2O. The molecule has 0 saturated heterocycles. The quantitative estimate of drug-likeness (QED) is 0.553. The van der Waals surface area contributed by atoms with Crippen LogP contribution in [0.2, 0.25) is 0 Å². The summed E-state index contributed by atoms with van der Waals surface area (Å²) in [5.41, 5.74) is 2.47. The molecule has 3 heteroatoms. The van der Waals surface area contributed by atoms with Gasteiger partial charge in [0.25, 0.3) is 0 Å². The Kier molecular flexibility index (Phi) is 7.00. The lowest BCUT2D eigenvalue weighted by molar-refractivity contribution is 0.154. The zero-order valence-electron chi connectivity index (χ0n) is 8.47. The van der Waals surface area contributed by atoms with Crippen molar-refractivity contribution in [1.82, 2.24) is 0 Å². The van der Waals surface area contributed by atoms with E-state index < -0.39 is 0 Å². The van der Waals surface area contributed by atoms with Gasteiger partial charge in [-0.15, -0.1) is 0 Å². The Labute approximate surface area is 97.5 Å². The summed E-state index contributed by atoms with van der Waals surface area (Å²) in [6.45, 7) is 8.17. The van der Waals surface area contributed by atoms with Gasteiger partial charge in [0.1, 0.15) is 10.0 Å². The number of ether oxygens (including phenoxy) is 1. The third-order valence-corrected chi connectivity index (χ3v) is 2.15. The molecule has 76 valence electrons. The molecule has 0 bridgehead atoms. The van der Waals surface area contributed by atoms with E-state index in [2.05, 4.69) is 31.9 Å². The molecule has 13 heavy (non-hydrogen) atoms. The van der Waals surface area contributed by atoms with Gasteiger partial charge in [0.05, 0.1) is 0 Å². The highest BCUT2D eigenvalue weighted by atomic mass is 79.9. The summed E-state index contributed by atoms with van der Waals surface area (Å²) in [6.07, 6.45) is 4.04. The minimum absolute atomic E-state index is 0.0301. The summed E-state index contributed by atoms with van der Waals surface area (Å²) in [7, 11) is 0. The fourth-order valence-corrected chi connectivity index (χ4v) is 2.54. The molecule has 0 aliphatic rings. The van der Waals surface area contributed by atoms with E-state index in [9.17, 15) is 0 Å². The minimum Gasteiger partial charge on any atom is -0.344 e. The van der Waals surface area contributed by atoms with Crippen LogP contribution in [0.3, 0.4) is 0 Å². The molecule has 0 rings (SSSR count). The smallest absolute Gasteiger partial charge is 0.132 e. The molecule has 2 atom stereocenters. The molecule has 0 saturated carbocycles. The summed E-state index contributed by atoms with van der Waals surface area (Å²) in [6, 6.07) is 0. The highest BCUT2D eigenvalue weighted by Gasteiger charge is 2.05. The predicted molar refractivity (Wildman–Crippen MR) is 65.4 cm³/mol. The molecule has 0 aliphatic carbocycles. The third-order valence-electron chi connectivity index (χ3n) is 1.19. The maximum absolute atomic E-state index is 5.55. The van der Waals surface area contributed by atoms with Gasteiger partial charge in [-0.25, -0.2) is 0 Å². The van der Waals surface area contributed by atoms with Gasteiger partial charge in [0.15, 0.2) is 0 Å². The number of halogens is 2. The number of rotatable bonds is 4. The van der Waals surface area contributed by atoms with Crippen LogP contribution in [0.4, 0.5) is 0 Å². The SMILES string of the molecule is CC(C)=CC(Br)OC(Br)C=C(C)C. The normalized spacial score (nSPS) is 14.6. The highest BCUT2D eigenvalue weighted by molar-refractivity contribution is 9.10. The fraction of sp³-hybridized carbons (Fsp3) is 0.600. The van der Waals surface area contributed by atoms with Crippen LogP contribution >= 0.6 is 31.9 Å². The van der Waals surface area contributed by atoms with Crippen LogP contribution in [0, 0.1) is 0 Å². The summed E-state index contributed by atoms with van der Waals surface area (Å²) in [5.74, 6) is 0. The van der Waals surface area contributed by atoms with Gasteiger partial charge in [-0.1, -0.05) is 43.0 Å². The molecule has 0 N–H and O–H groups in total. The second kappa shape index (κ2) is 6.80. The fourth-order valence-electron chi connectivity index (χ4n) is 0.727. The van der Waals surface area contributed by atoms with Gasteiger partial charge in [0.2, 0.25) is 0 Å². The first-order valence-corrected chi connectivity index (χ1v) is 5.98. The Morgan fingerprint density at radius 2 is 1.23 bits per heavy atom. The average molecular weight is 312 g/mol. The maximum Gasteiger partial charge on any atom is 0.132 e. The largest absolute Gasteiger partial charge is 0.344 e. The van der Waals surface area contributed by atoms with E-state index in [0.717, 1.165) is 0 Å². The molecule has 0 aliphatic heterocycles. The van der Waals surface area contributed by atoms with Gasteiger partial charge in [-0.2, -0.15) is 0 Å². The van der Waals surface area contributed by atoms with Crippen molar-refractivity contribution in [3.05, 3.63) is 23.3 Å². The molecule has 0 aromatic heterocycles. The van der Waals surface area contributed by atoms with Crippen molar-refractivity contribution in [3.8, 4) is 0 Å². The zero-order valence-corrected chi connectivity index (χ0v) is 11.6. The second-order valence-electron chi connectivity index (χ2n) is 3.33. The third kappa shape index (κ3) is 8.72. The number of allylic oxidation sites excluding steroid dienone is 2. The summed E-state index contributed by atoms with van der Waals surface area (Å²) < 4.78 is 5.55. The Balaban J connectivity index is 3.99. The minimum atomic E-state index is -0.0301. The van der Waals surface area contributed by atoms with E-state index in [1.54, 1.807) is 0 Å². The van der Waals surface area contributed by atoms with Gasteiger partial charge >= 0.3 is 0 Å². The van der Waals surface area contributed by atoms with Crippen LogP contribution in [0.15, 0.2) is 23.3 Å². The highest BCUT2D eigenvalue weighted by Crippen LogP contribution is 2.15. The van der Waals surface area contributed by atoms with Crippen LogP contribution in [-0.2, 0) is 4.74 Å². The Morgan fingerprint density at radius 3 is 1.46 bits per heavy atom. The number of alkyl halides is 2. The second-order valence-corrected chi connectivity index (χ2v) is 5.13. The zero-order chi connectivity index (χ0) is 10.4. The number of hydrogen-bond donors (Lipinski definition) is 0. The van der Waals surface area contributed by atoms with Gasteiger partial charge in [0, 0.05) is 0 Å². The summed E-state index contributed by atoms with van der Waals surface area (Å²) in [5, 5.41) is -0.0602. The first kappa shape index (κ1) is 13.4. The van der Waals surface area contributed by atoms with Gasteiger partial charge in [-0.3, -0.25) is 0 Å². The average Bonchev–Trinajstić information content (AvgIpc) is 1.80. The molecule has 0 spiro atoms. The lowest BCUT2D eigenvalue weighted by Gasteiger charge is -2.11. The van der Waals surface area contributed by atoms with Crippen molar-refractivity contribution >= 4 is 31.9 Å². The standard InChI is InChI=1S/C10H16Br2O/c1-7(2)5-9(11)13-10(12)6-8(3)4/h5-6,9-10H,1-4H3. The van der Waals surface area contributed by atoms with E-state index in [1.165, 1.54) is 11.1 Å². The van der Waals surface area contributed by atoms with Gasteiger partial charge in [-0.05, 0) is 39.8 Å². The van der Waals surface area contributed by atoms with Crippen molar-refractivity contribution < 1.29 is 4.74 Å². The molecule has 1 nitrogen and oxygen atoms in total. The Hall–Kier alpha value is 0.400. The van der Waals surface area contributed by atoms with Crippen LogP contribution in [0.1, 0.15) is 27.7 Å². The van der Waals surface area contributed by atoms with E-state index in [-0.39, 0.29) is 10.0 Å². The maximum atomic E-state index is 5.55. The molecule has 0 radical (unpaired) electrons. The van der Waals surface area contributed by atoms with Crippen LogP contribution in [0.5, 0.6) is 0 Å². The Bertz CT molecular complexity index is 179. The molecular weight excluding hydrogens is 296 g/mol. The van der Waals surface area contributed by atoms with Crippen molar-refractivity contribution in [2.24, 2.45) is 0 Å². The van der Waals surface area contributed by atoms with Crippen LogP contribution < -0.4 is 0 Å². The van der Waals surface area contributed by atoms with E-state index in [1.807, 2.05) is 39.8 Å².